The molecule has 2 aromatic heterocycles. The first-order chi connectivity index (χ1) is 16.7. The molecule has 0 aliphatic rings. The highest BCUT2D eigenvalue weighted by molar-refractivity contribution is 6.26. The van der Waals surface area contributed by atoms with E-state index in [9.17, 15) is 5.26 Å². The first-order valence-corrected chi connectivity index (χ1v) is 10.8. The van der Waals surface area contributed by atoms with Crippen molar-refractivity contribution in [2.24, 2.45) is 0 Å². The third-order valence-corrected chi connectivity index (χ3v) is 6.19. The Balaban J connectivity index is 1.63. The summed E-state index contributed by atoms with van der Waals surface area (Å²) in [4.78, 5) is 12.5. The van der Waals surface area contributed by atoms with E-state index >= 15 is 0 Å². The molecule has 0 amide bonds. The van der Waals surface area contributed by atoms with E-state index in [0.717, 1.165) is 54.8 Å². The van der Waals surface area contributed by atoms with Crippen molar-refractivity contribution in [3.63, 3.8) is 0 Å². The minimum Gasteiger partial charge on any atom is -0.259 e. The molecule has 4 nitrogen and oxygen atoms in total. The highest BCUT2D eigenvalue weighted by Gasteiger charge is 2.12. The first kappa shape index (κ1) is 19.6. The van der Waals surface area contributed by atoms with Gasteiger partial charge in [0, 0.05) is 18.0 Å². The largest absolute Gasteiger partial charge is 0.259 e. The van der Waals surface area contributed by atoms with Gasteiger partial charge in [-0.05, 0) is 74.3 Å². The summed E-state index contributed by atoms with van der Waals surface area (Å²) in [7, 11) is 0. The van der Waals surface area contributed by atoms with Crippen molar-refractivity contribution in [2.75, 3.05) is 0 Å². The Morgan fingerprint density at radius 1 is 0.618 bits per heavy atom. The van der Waals surface area contributed by atoms with Crippen LogP contribution in [0, 0.1) is 17.9 Å². The van der Waals surface area contributed by atoms with Gasteiger partial charge < -0.3 is 0 Å². The van der Waals surface area contributed by atoms with Gasteiger partial charge in [-0.25, -0.2) is 4.85 Å². The minimum absolute atomic E-state index is 0.579. The second-order valence-corrected chi connectivity index (χ2v) is 8.12. The molecule has 4 aromatic carbocycles. The fraction of sp³-hybridized carbons (Fsp3) is 0. The number of nitrogens with zero attached hydrogens (tertiary/aromatic N) is 4. The van der Waals surface area contributed by atoms with Gasteiger partial charge in [0.25, 0.3) is 0 Å². The van der Waals surface area contributed by atoms with Crippen LogP contribution in [0.5, 0.6) is 0 Å². The summed E-state index contributed by atoms with van der Waals surface area (Å²) < 4.78 is 0. The molecule has 4 heteroatoms. The zero-order chi connectivity index (χ0) is 23.1. The smallest absolute Gasteiger partial charge is 0.190 e. The van der Waals surface area contributed by atoms with Crippen molar-refractivity contribution < 1.29 is 0 Å². The number of rotatable bonds is 2. The van der Waals surface area contributed by atoms with Gasteiger partial charge in [-0.1, -0.05) is 48.5 Å². The van der Waals surface area contributed by atoms with Crippen molar-refractivity contribution in [1.29, 1.82) is 5.26 Å². The molecule has 0 aliphatic carbocycles. The van der Waals surface area contributed by atoms with E-state index in [2.05, 4.69) is 81.5 Å². The predicted molar refractivity (Wildman–Crippen MR) is 136 cm³/mol. The number of benzene rings is 4. The van der Waals surface area contributed by atoms with E-state index in [-0.39, 0.29) is 0 Å². The van der Waals surface area contributed by atoms with Crippen LogP contribution in [-0.4, -0.2) is 9.97 Å². The zero-order valence-corrected chi connectivity index (χ0v) is 18.0. The molecule has 34 heavy (non-hydrogen) atoms. The lowest BCUT2D eigenvalue weighted by Crippen LogP contribution is -1.89. The number of pyridine rings is 2. The van der Waals surface area contributed by atoms with Crippen molar-refractivity contribution in [3.05, 3.63) is 114 Å². The second kappa shape index (κ2) is 7.81. The zero-order valence-electron chi connectivity index (χ0n) is 18.0. The summed E-state index contributed by atoms with van der Waals surface area (Å²) in [6, 6.07) is 30.4. The summed E-state index contributed by atoms with van der Waals surface area (Å²) in [5, 5.41) is 16.2. The molecule has 2 heterocycles. The van der Waals surface area contributed by atoms with Gasteiger partial charge in [0.2, 0.25) is 0 Å². The number of hydrogen-bond donors (Lipinski definition) is 0. The molecule has 0 bridgehead atoms. The van der Waals surface area contributed by atoms with Crippen molar-refractivity contribution in [1.82, 2.24) is 9.97 Å². The molecule has 0 radical (unpaired) electrons. The van der Waals surface area contributed by atoms with Gasteiger partial charge in [-0.2, -0.15) is 5.26 Å². The standard InChI is InChI=1S/C30H16N4/c1-32-22-11-13-34-30(17-22)21-7-9-26-25-8-6-20(29-14-19(18-31)10-12-33-29)15-27(25)23-4-2-3-5-24(23)28(26)16-21/h2-17H. The molecule has 0 atom stereocenters. The van der Waals surface area contributed by atoms with Crippen LogP contribution in [0.2, 0.25) is 0 Å². The SMILES string of the molecule is [C-]#[N+]c1ccnc(-c2ccc3c4ccc(-c5cc(C#N)ccn5)cc4c4ccccc4c3c2)c1. The fourth-order valence-corrected chi connectivity index (χ4v) is 4.58. The van der Waals surface area contributed by atoms with E-state index in [1.165, 1.54) is 0 Å². The second-order valence-electron chi connectivity index (χ2n) is 8.12. The minimum atomic E-state index is 0.579. The van der Waals surface area contributed by atoms with E-state index in [0.29, 0.717) is 11.3 Å². The molecule has 0 saturated heterocycles. The van der Waals surface area contributed by atoms with Crippen LogP contribution in [0.4, 0.5) is 5.69 Å². The summed E-state index contributed by atoms with van der Waals surface area (Å²) >= 11 is 0. The third-order valence-electron chi connectivity index (χ3n) is 6.19. The molecular formula is C30H16N4. The molecule has 6 aromatic rings. The molecule has 0 fully saturated rings. The van der Waals surface area contributed by atoms with Gasteiger partial charge in [0.1, 0.15) is 0 Å². The Kier molecular flexibility index (Phi) is 4.51. The average Bonchev–Trinajstić information content (AvgIpc) is 2.92. The van der Waals surface area contributed by atoms with Gasteiger partial charge >= 0.3 is 0 Å². The van der Waals surface area contributed by atoms with Gasteiger partial charge in [-0.15, -0.1) is 0 Å². The van der Waals surface area contributed by atoms with Gasteiger partial charge in [-0.3, -0.25) is 9.97 Å². The Hall–Kier alpha value is -5.06. The Morgan fingerprint density at radius 2 is 1.18 bits per heavy atom. The average molecular weight is 432 g/mol. The quantitative estimate of drug-likeness (QED) is 0.208. The number of aromatic nitrogens is 2. The number of nitriles is 1. The van der Waals surface area contributed by atoms with E-state index in [1.54, 1.807) is 24.5 Å². The number of fused-ring (bicyclic) bond motifs is 6. The summed E-state index contributed by atoms with van der Waals surface area (Å²) in [5.41, 5.74) is 4.71. The molecule has 156 valence electrons. The summed E-state index contributed by atoms with van der Waals surface area (Å²) in [6.07, 6.45) is 3.36. The van der Waals surface area contributed by atoms with Crippen LogP contribution in [0.15, 0.2) is 97.3 Å². The third kappa shape index (κ3) is 3.14. The molecule has 6 rings (SSSR count). The maximum absolute atomic E-state index is 9.28. The fourth-order valence-electron chi connectivity index (χ4n) is 4.58. The van der Waals surface area contributed by atoms with Crippen molar-refractivity contribution in [2.45, 2.75) is 0 Å². The maximum Gasteiger partial charge on any atom is 0.190 e. The number of hydrogen-bond acceptors (Lipinski definition) is 3. The van der Waals surface area contributed by atoms with Crippen LogP contribution in [0.1, 0.15) is 5.56 Å². The van der Waals surface area contributed by atoms with Crippen LogP contribution >= 0.6 is 0 Å². The molecule has 0 aliphatic heterocycles. The van der Waals surface area contributed by atoms with Crippen LogP contribution in [-0.2, 0) is 0 Å². The predicted octanol–water partition coefficient (Wildman–Crippen LogP) is 7.69. The van der Waals surface area contributed by atoms with E-state index in [1.807, 2.05) is 12.1 Å². The Morgan fingerprint density at radius 3 is 1.76 bits per heavy atom. The molecule has 0 spiro atoms. The van der Waals surface area contributed by atoms with Gasteiger partial charge in [0.15, 0.2) is 5.69 Å². The Bertz CT molecular complexity index is 1680. The lowest BCUT2D eigenvalue weighted by molar-refractivity contribution is 1.31. The molecule has 0 saturated carbocycles. The molecular weight excluding hydrogens is 416 g/mol. The van der Waals surface area contributed by atoms with E-state index in [4.69, 9.17) is 6.57 Å². The highest BCUT2D eigenvalue weighted by atomic mass is 14.7. The van der Waals surface area contributed by atoms with Gasteiger partial charge in [0.05, 0.1) is 29.6 Å². The highest BCUT2D eigenvalue weighted by Crippen LogP contribution is 2.38. The van der Waals surface area contributed by atoms with Crippen LogP contribution in [0.3, 0.4) is 0 Å². The topological polar surface area (TPSA) is 53.9 Å². The monoisotopic (exact) mass is 432 g/mol. The normalized spacial score (nSPS) is 10.9. The van der Waals surface area contributed by atoms with Crippen molar-refractivity contribution >= 4 is 38.0 Å². The lowest BCUT2D eigenvalue weighted by atomic mass is 9.91. The molecule has 0 unspecified atom stereocenters. The summed E-state index contributed by atoms with van der Waals surface area (Å²) in [6.45, 7) is 7.31. The molecule has 0 N–H and O–H groups in total. The van der Waals surface area contributed by atoms with Crippen LogP contribution < -0.4 is 0 Å². The lowest BCUT2D eigenvalue weighted by Gasteiger charge is -2.13. The first-order valence-electron chi connectivity index (χ1n) is 10.8. The maximum atomic E-state index is 9.28. The van der Waals surface area contributed by atoms with E-state index < -0.39 is 0 Å². The summed E-state index contributed by atoms with van der Waals surface area (Å²) in [5.74, 6) is 0. The van der Waals surface area contributed by atoms with Crippen LogP contribution in [0.25, 0.3) is 59.7 Å². The van der Waals surface area contributed by atoms with Crippen molar-refractivity contribution in [3.8, 4) is 28.6 Å². The Labute approximate surface area is 196 Å².